The quantitative estimate of drug-likeness (QED) is 0.766. The Kier molecular flexibility index (Phi) is 5.11. The Morgan fingerprint density at radius 3 is 2.58 bits per heavy atom. The lowest BCUT2D eigenvalue weighted by atomic mass is 10.2. The first kappa shape index (κ1) is 15.2. The molecule has 19 heavy (non-hydrogen) atoms. The van der Waals surface area contributed by atoms with Gasteiger partial charge >= 0.3 is 11.9 Å². The first-order valence-corrected chi connectivity index (χ1v) is 6.06. The van der Waals surface area contributed by atoms with Crippen molar-refractivity contribution in [3.8, 4) is 0 Å². The average Bonchev–Trinajstić information content (AvgIpc) is 2.67. The molecule has 1 heterocycles. The molecular weight excluding hydrogens is 320 g/mol. The van der Waals surface area contributed by atoms with Crippen LogP contribution >= 0.6 is 15.9 Å². The molecule has 0 spiro atoms. The van der Waals surface area contributed by atoms with Gasteiger partial charge in [-0.2, -0.15) is 0 Å². The van der Waals surface area contributed by atoms with Crippen LogP contribution in [-0.4, -0.2) is 40.7 Å². The zero-order valence-electron chi connectivity index (χ0n) is 10.3. The van der Waals surface area contributed by atoms with Crippen LogP contribution in [0.3, 0.4) is 0 Å². The highest BCUT2D eigenvalue weighted by Crippen LogP contribution is 2.13. The van der Waals surface area contributed by atoms with Gasteiger partial charge in [0.25, 0.3) is 5.91 Å². The number of carbonyl (C=O) groups is 3. The van der Waals surface area contributed by atoms with Gasteiger partial charge in [0.1, 0.15) is 11.7 Å². The maximum Gasteiger partial charge on any atom is 0.326 e. The predicted octanol–water partition coefficient (Wildman–Crippen LogP) is 0.534. The molecule has 0 aliphatic heterocycles. The number of nitrogens with one attached hydrogen (secondary N) is 1. The molecule has 104 valence electrons. The lowest BCUT2D eigenvalue weighted by Gasteiger charge is -2.13. The van der Waals surface area contributed by atoms with Gasteiger partial charge in [0, 0.05) is 17.7 Å². The van der Waals surface area contributed by atoms with Gasteiger partial charge in [-0.05, 0) is 22.0 Å². The molecule has 1 aromatic heterocycles. The molecule has 7 nitrogen and oxygen atoms in total. The van der Waals surface area contributed by atoms with E-state index in [4.69, 9.17) is 5.11 Å². The normalized spacial score (nSPS) is 11.7. The van der Waals surface area contributed by atoms with E-state index in [1.54, 1.807) is 19.3 Å². The summed E-state index contributed by atoms with van der Waals surface area (Å²) in [6, 6.07) is 0.223. The van der Waals surface area contributed by atoms with Crippen molar-refractivity contribution >= 4 is 33.8 Å². The van der Waals surface area contributed by atoms with E-state index < -0.39 is 30.3 Å². The zero-order chi connectivity index (χ0) is 14.6. The number of aromatic nitrogens is 1. The molecule has 0 saturated heterocycles. The summed E-state index contributed by atoms with van der Waals surface area (Å²) < 4.78 is 6.61. The summed E-state index contributed by atoms with van der Waals surface area (Å²) in [6.45, 7) is 0. The van der Waals surface area contributed by atoms with E-state index in [0.29, 0.717) is 4.47 Å². The Bertz CT molecular complexity index is 511. The van der Waals surface area contributed by atoms with Crippen molar-refractivity contribution in [3.63, 3.8) is 0 Å². The molecular formula is C11H13BrN2O5. The molecule has 0 radical (unpaired) electrons. The van der Waals surface area contributed by atoms with Gasteiger partial charge in [-0.25, -0.2) is 4.79 Å². The van der Waals surface area contributed by atoms with E-state index in [1.165, 1.54) is 4.57 Å². The van der Waals surface area contributed by atoms with Crippen LogP contribution in [0.25, 0.3) is 0 Å². The first-order chi connectivity index (χ1) is 8.85. The van der Waals surface area contributed by atoms with Gasteiger partial charge in [0.2, 0.25) is 0 Å². The zero-order valence-corrected chi connectivity index (χ0v) is 11.9. The summed E-state index contributed by atoms with van der Waals surface area (Å²) in [6.07, 6.45) is 1.23. The summed E-state index contributed by atoms with van der Waals surface area (Å²) in [5.41, 5.74) is 0.281. The maximum absolute atomic E-state index is 11.9. The molecule has 8 heteroatoms. The van der Waals surface area contributed by atoms with E-state index in [9.17, 15) is 14.4 Å². The average molecular weight is 333 g/mol. The lowest BCUT2D eigenvalue weighted by Crippen LogP contribution is -2.42. The second-order valence-corrected chi connectivity index (χ2v) is 4.71. The van der Waals surface area contributed by atoms with Crippen LogP contribution in [0.4, 0.5) is 0 Å². The molecule has 0 saturated carbocycles. The first-order valence-electron chi connectivity index (χ1n) is 5.27. The third kappa shape index (κ3) is 4.09. The number of rotatable bonds is 5. The minimum absolute atomic E-state index is 0.281. The number of hydrogen-bond acceptors (Lipinski definition) is 4. The van der Waals surface area contributed by atoms with Crippen molar-refractivity contribution in [2.45, 2.75) is 12.5 Å². The minimum Gasteiger partial charge on any atom is -0.480 e. The molecule has 1 amide bonds. The molecule has 0 aliphatic carbocycles. The van der Waals surface area contributed by atoms with Crippen molar-refractivity contribution in [3.05, 3.63) is 22.4 Å². The number of carboxylic acids is 1. The number of halogens is 1. The fraction of sp³-hybridized carbons (Fsp3) is 0.364. The number of hydrogen-bond donors (Lipinski definition) is 2. The van der Waals surface area contributed by atoms with Crippen molar-refractivity contribution in [2.24, 2.45) is 7.05 Å². The fourth-order valence-electron chi connectivity index (χ4n) is 1.43. The standard InChI is InChI=1S/C11H13BrN2O5/c1-14-5-6(12)3-8(14)10(16)13-7(11(17)18)4-9(15)19-2/h3,5,7H,4H2,1-2H3,(H,13,16)(H,17,18)/t7-/m0/s1. The van der Waals surface area contributed by atoms with Gasteiger partial charge in [-0.1, -0.05) is 0 Å². The molecule has 2 N–H and O–H groups in total. The van der Waals surface area contributed by atoms with Gasteiger partial charge in [-0.15, -0.1) is 0 Å². The molecule has 0 unspecified atom stereocenters. The SMILES string of the molecule is COC(=O)C[C@H](NC(=O)c1cc(Br)cn1C)C(=O)O. The third-order valence-corrected chi connectivity index (χ3v) is 2.84. The van der Waals surface area contributed by atoms with Crippen molar-refractivity contribution in [1.82, 2.24) is 9.88 Å². The Morgan fingerprint density at radius 1 is 1.53 bits per heavy atom. The molecule has 0 fully saturated rings. The number of esters is 1. The minimum atomic E-state index is -1.33. The van der Waals surface area contributed by atoms with E-state index in [2.05, 4.69) is 26.0 Å². The van der Waals surface area contributed by atoms with Crippen molar-refractivity contribution in [1.29, 1.82) is 0 Å². The van der Waals surface area contributed by atoms with E-state index in [1.807, 2.05) is 0 Å². The Hall–Kier alpha value is -1.83. The molecule has 1 atom stereocenters. The molecule has 1 rings (SSSR count). The topological polar surface area (TPSA) is 97.6 Å². The summed E-state index contributed by atoms with van der Waals surface area (Å²) in [4.78, 5) is 33.9. The summed E-state index contributed by atoms with van der Waals surface area (Å²) >= 11 is 3.21. The van der Waals surface area contributed by atoms with Crippen LogP contribution in [0.5, 0.6) is 0 Å². The smallest absolute Gasteiger partial charge is 0.326 e. The number of amides is 1. The highest BCUT2D eigenvalue weighted by atomic mass is 79.9. The number of nitrogens with zero attached hydrogens (tertiary/aromatic N) is 1. The fourth-order valence-corrected chi connectivity index (χ4v) is 1.96. The Balaban J connectivity index is 2.79. The highest BCUT2D eigenvalue weighted by Gasteiger charge is 2.25. The van der Waals surface area contributed by atoms with Gasteiger partial charge in [0.15, 0.2) is 0 Å². The number of aliphatic carboxylic acids is 1. The summed E-state index contributed by atoms with van der Waals surface area (Å²) in [7, 11) is 2.80. The number of methoxy groups -OCH3 is 1. The predicted molar refractivity (Wildman–Crippen MR) is 68.6 cm³/mol. The number of carbonyl (C=O) groups excluding carboxylic acids is 2. The van der Waals surface area contributed by atoms with Crippen LogP contribution in [-0.2, 0) is 21.4 Å². The van der Waals surface area contributed by atoms with Crippen LogP contribution < -0.4 is 5.32 Å². The Labute approximate surface area is 117 Å². The van der Waals surface area contributed by atoms with Crippen LogP contribution in [0, 0.1) is 0 Å². The second kappa shape index (κ2) is 6.37. The molecule has 0 aromatic carbocycles. The summed E-state index contributed by atoms with van der Waals surface area (Å²) in [5.74, 6) is -2.59. The van der Waals surface area contributed by atoms with Crippen molar-refractivity contribution < 1.29 is 24.2 Å². The highest BCUT2D eigenvalue weighted by molar-refractivity contribution is 9.10. The second-order valence-electron chi connectivity index (χ2n) is 3.80. The van der Waals surface area contributed by atoms with Gasteiger partial charge < -0.3 is 19.7 Å². The van der Waals surface area contributed by atoms with Gasteiger partial charge in [0.05, 0.1) is 13.5 Å². The monoisotopic (exact) mass is 332 g/mol. The van der Waals surface area contributed by atoms with Crippen LogP contribution in [0.2, 0.25) is 0 Å². The number of carboxylic acid groups (broad SMARTS) is 1. The summed E-state index contributed by atoms with van der Waals surface area (Å²) in [5, 5.41) is 11.2. The lowest BCUT2D eigenvalue weighted by molar-refractivity contribution is -0.147. The third-order valence-electron chi connectivity index (χ3n) is 2.41. The van der Waals surface area contributed by atoms with Crippen molar-refractivity contribution in [2.75, 3.05) is 7.11 Å². The largest absolute Gasteiger partial charge is 0.480 e. The van der Waals surface area contributed by atoms with Crippen LogP contribution in [0.1, 0.15) is 16.9 Å². The molecule has 1 aromatic rings. The van der Waals surface area contributed by atoms with Gasteiger partial charge in [-0.3, -0.25) is 9.59 Å². The number of ether oxygens (including phenoxy) is 1. The Morgan fingerprint density at radius 2 is 2.16 bits per heavy atom. The molecule has 0 bridgehead atoms. The maximum atomic E-state index is 11.9. The van der Waals surface area contributed by atoms with Crippen LogP contribution in [0.15, 0.2) is 16.7 Å². The molecule has 0 aliphatic rings. The van der Waals surface area contributed by atoms with E-state index in [0.717, 1.165) is 7.11 Å². The number of aryl methyl sites for hydroxylation is 1. The van der Waals surface area contributed by atoms with E-state index >= 15 is 0 Å². The van der Waals surface area contributed by atoms with E-state index in [-0.39, 0.29) is 5.69 Å².